The van der Waals surface area contributed by atoms with Gasteiger partial charge in [0.05, 0.1) is 12.6 Å². The fraction of sp³-hybridized carbons (Fsp3) is 0.625. The van der Waals surface area contributed by atoms with E-state index >= 15 is 0 Å². The van der Waals surface area contributed by atoms with E-state index in [-0.39, 0.29) is 12.6 Å². The Morgan fingerprint density at radius 3 is 2.57 bits per heavy atom. The van der Waals surface area contributed by atoms with E-state index in [0.717, 1.165) is 31.4 Å². The van der Waals surface area contributed by atoms with Gasteiger partial charge in [0, 0.05) is 0 Å². The van der Waals surface area contributed by atoms with Crippen LogP contribution in [-0.2, 0) is 11.2 Å². The molecule has 0 spiro atoms. The van der Waals surface area contributed by atoms with Crippen LogP contribution in [0.1, 0.15) is 43.9 Å². The van der Waals surface area contributed by atoms with Crippen LogP contribution in [0, 0.1) is 0 Å². The van der Waals surface area contributed by atoms with Crippen LogP contribution >= 0.6 is 0 Å². The smallest absolute Gasteiger partial charge is 0.370 e. The molecule has 0 aliphatic rings. The summed E-state index contributed by atoms with van der Waals surface area (Å²) in [6.07, 6.45) is -1.34. The molecular formula is C16H24F3NO. The molecule has 1 aromatic rings. The molecule has 1 rings (SSSR count). The number of ether oxygens (including phenoxy) is 1. The minimum Gasteiger partial charge on any atom is -0.370 e. The van der Waals surface area contributed by atoms with Gasteiger partial charge in [-0.15, -0.1) is 0 Å². The number of nitrogens with one attached hydrogen (secondary N) is 1. The van der Waals surface area contributed by atoms with Crippen molar-refractivity contribution in [3.8, 4) is 0 Å². The second kappa shape index (κ2) is 9.05. The van der Waals surface area contributed by atoms with E-state index in [0.29, 0.717) is 0 Å². The summed E-state index contributed by atoms with van der Waals surface area (Å²) in [5.41, 5.74) is 2.19. The Kier molecular flexibility index (Phi) is 7.75. The molecule has 1 atom stereocenters. The van der Waals surface area contributed by atoms with Crippen molar-refractivity contribution >= 4 is 0 Å². The number of alkyl halides is 3. The Labute approximate surface area is 124 Å². The van der Waals surface area contributed by atoms with Crippen LogP contribution in [0.25, 0.3) is 0 Å². The summed E-state index contributed by atoms with van der Waals surface area (Å²) in [7, 11) is 0. The van der Waals surface area contributed by atoms with Crippen molar-refractivity contribution in [1.82, 2.24) is 5.32 Å². The van der Waals surface area contributed by atoms with E-state index in [9.17, 15) is 13.2 Å². The van der Waals surface area contributed by atoms with Crippen LogP contribution in [0.4, 0.5) is 13.2 Å². The Bertz CT molecular complexity index is 407. The molecule has 0 saturated heterocycles. The zero-order chi connectivity index (χ0) is 15.7. The first-order valence-corrected chi connectivity index (χ1v) is 7.43. The Morgan fingerprint density at radius 2 is 1.95 bits per heavy atom. The molecule has 0 saturated carbocycles. The van der Waals surface area contributed by atoms with Crippen LogP contribution in [-0.4, -0.2) is 25.9 Å². The molecule has 2 nitrogen and oxygen atoms in total. The molecule has 1 aromatic carbocycles. The maximum Gasteiger partial charge on any atom is 0.411 e. The average molecular weight is 303 g/mol. The fourth-order valence-electron chi connectivity index (χ4n) is 2.14. The first-order chi connectivity index (χ1) is 9.96. The van der Waals surface area contributed by atoms with Crippen molar-refractivity contribution in [2.24, 2.45) is 0 Å². The van der Waals surface area contributed by atoms with Gasteiger partial charge >= 0.3 is 6.18 Å². The second-order valence-corrected chi connectivity index (χ2v) is 5.13. The third kappa shape index (κ3) is 7.48. The Hall–Kier alpha value is -1.07. The highest BCUT2D eigenvalue weighted by atomic mass is 19.4. The van der Waals surface area contributed by atoms with Crippen molar-refractivity contribution in [2.75, 3.05) is 19.8 Å². The Balaban J connectivity index is 2.69. The molecule has 0 bridgehead atoms. The van der Waals surface area contributed by atoms with Crippen molar-refractivity contribution in [3.05, 3.63) is 35.4 Å². The van der Waals surface area contributed by atoms with E-state index in [1.807, 2.05) is 31.2 Å². The van der Waals surface area contributed by atoms with Gasteiger partial charge in [-0.05, 0) is 30.5 Å². The molecule has 1 N–H and O–H groups in total. The van der Waals surface area contributed by atoms with Crippen LogP contribution < -0.4 is 5.32 Å². The van der Waals surface area contributed by atoms with Crippen molar-refractivity contribution in [2.45, 2.75) is 45.3 Å². The lowest BCUT2D eigenvalue weighted by Crippen LogP contribution is -2.28. The predicted octanol–water partition coefficient (Wildman–Crippen LogP) is 4.26. The Morgan fingerprint density at radius 1 is 1.19 bits per heavy atom. The van der Waals surface area contributed by atoms with Gasteiger partial charge in [0.1, 0.15) is 6.61 Å². The lowest BCUT2D eigenvalue weighted by atomic mass is 10.0. The topological polar surface area (TPSA) is 21.3 Å². The monoisotopic (exact) mass is 303 g/mol. The van der Waals surface area contributed by atoms with Gasteiger partial charge in [-0.3, -0.25) is 0 Å². The van der Waals surface area contributed by atoms with Gasteiger partial charge in [-0.1, -0.05) is 44.5 Å². The van der Waals surface area contributed by atoms with Gasteiger partial charge in [-0.2, -0.15) is 13.2 Å². The van der Waals surface area contributed by atoms with Crippen molar-refractivity contribution in [3.63, 3.8) is 0 Å². The predicted molar refractivity (Wildman–Crippen MR) is 78.3 cm³/mol. The highest BCUT2D eigenvalue weighted by molar-refractivity contribution is 5.26. The molecule has 0 radical (unpaired) electrons. The first-order valence-electron chi connectivity index (χ1n) is 7.43. The lowest BCUT2D eigenvalue weighted by Gasteiger charge is -2.20. The van der Waals surface area contributed by atoms with E-state index < -0.39 is 12.8 Å². The van der Waals surface area contributed by atoms with Gasteiger partial charge in [0.2, 0.25) is 0 Å². The molecule has 0 heterocycles. The van der Waals surface area contributed by atoms with Gasteiger partial charge in [0.15, 0.2) is 0 Å². The van der Waals surface area contributed by atoms with Crippen molar-refractivity contribution in [1.29, 1.82) is 0 Å². The summed E-state index contributed by atoms with van der Waals surface area (Å²) in [4.78, 5) is 0. The summed E-state index contributed by atoms with van der Waals surface area (Å²) in [5, 5.41) is 3.25. The number of benzene rings is 1. The maximum atomic E-state index is 12.2. The maximum absolute atomic E-state index is 12.2. The lowest BCUT2D eigenvalue weighted by molar-refractivity contribution is -0.175. The SMILES string of the molecule is CCCNC(COCC(F)(F)F)c1cccc(CCC)c1. The van der Waals surface area contributed by atoms with E-state index in [4.69, 9.17) is 4.74 Å². The number of aryl methyl sites for hydroxylation is 1. The van der Waals surface area contributed by atoms with Gasteiger partial charge in [-0.25, -0.2) is 0 Å². The van der Waals surface area contributed by atoms with Gasteiger partial charge < -0.3 is 10.1 Å². The van der Waals surface area contributed by atoms with E-state index in [1.54, 1.807) is 0 Å². The molecule has 120 valence electrons. The minimum absolute atomic E-state index is 0.0229. The van der Waals surface area contributed by atoms with Crippen molar-refractivity contribution < 1.29 is 17.9 Å². The van der Waals surface area contributed by atoms with Gasteiger partial charge in [0.25, 0.3) is 0 Å². The highest BCUT2D eigenvalue weighted by Gasteiger charge is 2.28. The molecule has 0 aliphatic carbocycles. The summed E-state index contributed by atoms with van der Waals surface area (Å²) < 4.78 is 41.4. The molecule has 0 fully saturated rings. The zero-order valence-corrected chi connectivity index (χ0v) is 12.7. The quantitative estimate of drug-likeness (QED) is 0.736. The number of hydrogen-bond donors (Lipinski definition) is 1. The van der Waals surface area contributed by atoms with Crippen LogP contribution in [0.5, 0.6) is 0 Å². The molecular weight excluding hydrogens is 279 g/mol. The molecule has 0 aromatic heterocycles. The summed E-state index contributed by atoms with van der Waals surface area (Å²) in [6.45, 7) is 3.69. The normalized spacial score (nSPS) is 13.4. The highest BCUT2D eigenvalue weighted by Crippen LogP contribution is 2.19. The van der Waals surface area contributed by atoms with Crippen LogP contribution in [0.15, 0.2) is 24.3 Å². The molecule has 21 heavy (non-hydrogen) atoms. The summed E-state index contributed by atoms with van der Waals surface area (Å²) in [6, 6.07) is 7.77. The number of rotatable bonds is 9. The minimum atomic E-state index is -4.28. The summed E-state index contributed by atoms with van der Waals surface area (Å²) in [5.74, 6) is 0. The largest absolute Gasteiger partial charge is 0.411 e. The number of halogens is 3. The molecule has 0 amide bonds. The first kappa shape index (κ1) is 18.0. The molecule has 1 unspecified atom stereocenters. The van der Waals surface area contributed by atoms with E-state index in [2.05, 4.69) is 12.2 Å². The second-order valence-electron chi connectivity index (χ2n) is 5.13. The number of hydrogen-bond acceptors (Lipinski definition) is 2. The summed E-state index contributed by atoms with van der Waals surface area (Å²) >= 11 is 0. The van der Waals surface area contributed by atoms with E-state index in [1.165, 1.54) is 5.56 Å². The standard InChI is InChI=1S/C16H24F3NO/c1-3-6-13-7-5-8-14(10-13)15(20-9-4-2)11-21-12-16(17,18)19/h5,7-8,10,15,20H,3-4,6,9,11-12H2,1-2H3. The molecule has 0 aliphatic heterocycles. The molecule has 5 heteroatoms. The third-order valence-electron chi connectivity index (χ3n) is 3.08. The van der Waals surface area contributed by atoms with Crippen LogP contribution in [0.2, 0.25) is 0 Å². The zero-order valence-electron chi connectivity index (χ0n) is 12.7. The fourth-order valence-corrected chi connectivity index (χ4v) is 2.14. The van der Waals surface area contributed by atoms with Crippen LogP contribution in [0.3, 0.4) is 0 Å². The third-order valence-corrected chi connectivity index (χ3v) is 3.08. The average Bonchev–Trinajstić information content (AvgIpc) is 2.42.